The van der Waals surface area contributed by atoms with Crippen LogP contribution in [0.25, 0.3) is 0 Å². The number of rotatable bonds is 4. The summed E-state index contributed by atoms with van der Waals surface area (Å²) >= 11 is 6.63. The number of carboxylic acids is 1. The Morgan fingerprint density at radius 2 is 1.28 bits per heavy atom. The summed E-state index contributed by atoms with van der Waals surface area (Å²) in [4.78, 5) is 23.7. The Hall–Kier alpha value is -1.66. The Morgan fingerprint density at radius 3 is 1.64 bits per heavy atom. The molecule has 0 spiro atoms. The highest BCUT2D eigenvalue weighted by Gasteiger charge is 2.19. The molecular formula is C19H19Br2NO3. The number of hydrogen-bond acceptors (Lipinski definition) is 2. The van der Waals surface area contributed by atoms with E-state index in [1.54, 1.807) is 12.1 Å². The van der Waals surface area contributed by atoms with Crippen molar-refractivity contribution in [1.29, 1.82) is 0 Å². The van der Waals surface area contributed by atoms with Crippen LogP contribution < -0.4 is 0 Å². The first-order valence-electron chi connectivity index (χ1n) is 7.92. The summed E-state index contributed by atoms with van der Waals surface area (Å²) in [5.41, 5.74) is 1.91. The van der Waals surface area contributed by atoms with Crippen molar-refractivity contribution in [3.05, 3.63) is 68.6 Å². The molecule has 0 unspecified atom stereocenters. The van der Waals surface area contributed by atoms with Crippen molar-refractivity contribution in [2.45, 2.75) is 19.3 Å². The van der Waals surface area contributed by atoms with Gasteiger partial charge in [0.2, 0.25) is 5.91 Å². The topological polar surface area (TPSA) is 57.6 Å². The maximum Gasteiger partial charge on any atom is 0.307 e. The number of carboxylic acid groups (broad SMARTS) is 1. The molecule has 1 aliphatic rings. The highest BCUT2D eigenvalue weighted by molar-refractivity contribution is 9.10. The minimum atomic E-state index is -0.799. The van der Waals surface area contributed by atoms with Gasteiger partial charge >= 0.3 is 5.97 Å². The largest absolute Gasteiger partial charge is 0.481 e. The van der Waals surface area contributed by atoms with E-state index < -0.39 is 5.97 Å². The first-order chi connectivity index (χ1) is 11.9. The summed E-state index contributed by atoms with van der Waals surface area (Å²) in [5.74, 6) is -0.550. The zero-order valence-corrected chi connectivity index (χ0v) is 16.8. The third-order valence-corrected chi connectivity index (χ3v) is 4.80. The molecule has 0 atom stereocenters. The van der Waals surface area contributed by atoms with Crippen molar-refractivity contribution < 1.29 is 14.7 Å². The van der Waals surface area contributed by atoms with Crippen LogP contribution in [0.4, 0.5) is 0 Å². The summed E-state index contributed by atoms with van der Waals surface area (Å²) in [6.07, 6.45) is 1.78. The minimum Gasteiger partial charge on any atom is -0.481 e. The molecule has 0 aliphatic carbocycles. The predicted molar refractivity (Wildman–Crippen MR) is 105 cm³/mol. The fraction of sp³-hybridized carbons (Fsp3) is 0.263. The van der Waals surface area contributed by atoms with Crippen molar-refractivity contribution in [2.24, 2.45) is 0 Å². The molecule has 0 saturated carbocycles. The first kappa shape index (κ1) is 19.7. The van der Waals surface area contributed by atoms with Gasteiger partial charge in [-0.25, -0.2) is 0 Å². The van der Waals surface area contributed by atoms with Gasteiger partial charge in [0.1, 0.15) is 0 Å². The van der Waals surface area contributed by atoms with Crippen LogP contribution in [-0.4, -0.2) is 35.0 Å². The molecule has 2 aromatic rings. The Kier molecular flexibility index (Phi) is 7.65. The number of nitrogens with zero attached hydrogens (tertiary/aromatic N) is 1. The van der Waals surface area contributed by atoms with Crippen molar-refractivity contribution in [1.82, 2.24) is 4.90 Å². The average Bonchev–Trinajstić information content (AvgIpc) is 2.50. The lowest BCUT2D eigenvalue weighted by molar-refractivity contribution is -0.136. The van der Waals surface area contributed by atoms with E-state index in [9.17, 15) is 9.59 Å². The van der Waals surface area contributed by atoms with E-state index in [0.29, 0.717) is 6.42 Å². The van der Waals surface area contributed by atoms with E-state index in [4.69, 9.17) is 5.11 Å². The summed E-state index contributed by atoms with van der Waals surface area (Å²) in [6.45, 7) is 1.88. The van der Waals surface area contributed by atoms with E-state index >= 15 is 0 Å². The molecule has 1 saturated heterocycles. The zero-order chi connectivity index (χ0) is 18.2. The number of halogens is 2. The van der Waals surface area contributed by atoms with E-state index in [0.717, 1.165) is 39.6 Å². The normalized spacial score (nSPS) is 12.6. The van der Waals surface area contributed by atoms with Crippen LogP contribution in [0.1, 0.15) is 17.5 Å². The van der Waals surface area contributed by atoms with Crippen LogP contribution in [0.5, 0.6) is 0 Å². The smallest absolute Gasteiger partial charge is 0.307 e. The summed E-state index contributed by atoms with van der Waals surface area (Å²) in [5, 5.41) is 8.42. The zero-order valence-electron chi connectivity index (χ0n) is 13.6. The van der Waals surface area contributed by atoms with Gasteiger partial charge in [-0.2, -0.15) is 0 Å². The molecule has 0 bridgehead atoms. The molecule has 1 N–H and O–H groups in total. The van der Waals surface area contributed by atoms with Crippen LogP contribution in [0.3, 0.4) is 0 Å². The summed E-state index contributed by atoms with van der Waals surface area (Å²) in [7, 11) is 0. The molecule has 1 amide bonds. The molecule has 0 aromatic heterocycles. The quantitative estimate of drug-likeness (QED) is 0.727. The Balaban J connectivity index is 0.000000186. The fourth-order valence-electron chi connectivity index (χ4n) is 2.23. The van der Waals surface area contributed by atoms with Gasteiger partial charge < -0.3 is 10.0 Å². The molecule has 1 heterocycles. The number of carbonyl (C=O) groups excluding carboxylic acids is 1. The van der Waals surface area contributed by atoms with Gasteiger partial charge in [0.25, 0.3) is 0 Å². The van der Waals surface area contributed by atoms with Crippen molar-refractivity contribution >= 4 is 43.7 Å². The maximum atomic E-state index is 11.6. The summed E-state index contributed by atoms with van der Waals surface area (Å²) in [6, 6.07) is 15.2. The van der Waals surface area contributed by atoms with Gasteiger partial charge in [-0.3, -0.25) is 9.59 Å². The lowest BCUT2D eigenvalue weighted by atomic mass is 10.1. The molecule has 6 heteroatoms. The molecule has 132 valence electrons. The monoisotopic (exact) mass is 467 g/mol. The molecule has 2 aromatic carbocycles. The molecule has 25 heavy (non-hydrogen) atoms. The van der Waals surface area contributed by atoms with Crippen molar-refractivity contribution in [2.75, 3.05) is 13.1 Å². The number of benzene rings is 2. The van der Waals surface area contributed by atoms with Gasteiger partial charge in [0.05, 0.1) is 12.8 Å². The Morgan fingerprint density at radius 1 is 0.840 bits per heavy atom. The molecule has 1 fully saturated rings. The highest BCUT2D eigenvalue weighted by atomic mass is 79.9. The second-order valence-electron chi connectivity index (χ2n) is 5.73. The summed E-state index contributed by atoms with van der Waals surface area (Å²) < 4.78 is 2.02. The standard InChI is InChI=1S/C11H12BrNO.C8H7BrO2/c12-10-4-2-9(3-5-10)8-11(14)13-6-1-7-13;9-7-3-1-6(2-4-7)5-8(10)11/h2-5H,1,6-8H2;1-4H,5H2,(H,10,11). The van der Waals surface area contributed by atoms with Crippen molar-refractivity contribution in [3.8, 4) is 0 Å². The second-order valence-corrected chi connectivity index (χ2v) is 7.57. The first-order valence-corrected chi connectivity index (χ1v) is 9.51. The lowest BCUT2D eigenvalue weighted by Gasteiger charge is -2.30. The van der Waals surface area contributed by atoms with Crippen LogP contribution in [0.15, 0.2) is 57.5 Å². The van der Waals surface area contributed by atoms with E-state index in [1.807, 2.05) is 41.3 Å². The lowest BCUT2D eigenvalue weighted by Crippen LogP contribution is -2.42. The van der Waals surface area contributed by atoms with E-state index in [1.165, 1.54) is 0 Å². The Labute approximate surface area is 164 Å². The van der Waals surface area contributed by atoms with E-state index in [-0.39, 0.29) is 12.3 Å². The molecule has 4 nitrogen and oxygen atoms in total. The minimum absolute atomic E-state index is 0.0906. The maximum absolute atomic E-state index is 11.6. The van der Waals surface area contributed by atoms with Crippen LogP contribution in [0.2, 0.25) is 0 Å². The SMILES string of the molecule is O=C(Cc1ccc(Br)cc1)N1CCC1.O=C(O)Cc1ccc(Br)cc1. The third kappa shape index (κ3) is 7.00. The van der Waals surface area contributed by atoms with Gasteiger partial charge in [-0.15, -0.1) is 0 Å². The van der Waals surface area contributed by atoms with Crippen LogP contribution in [0, 0.1) is 0 Å². The number of likely N-dealkylation sites (tertiary alicyclic amines) is 1. The van der Waals surface area contributed by atoms with Gasteiger partial charge in [-0.05, 0) is 41.8 Å². The third-order valence-electron chi connectivity index (χ3n) is 3.75. The average molecular weight is 469 g/mol. The fourth-order valence-corrected chi connectivity index (χ4v) is 2.76. The predicted octanol–water partition coefficient (Wildman–Crippen LogP) is 4.30. The number of aliphatic carboxylic acids is 1. The number of hydrogen-bond donors (Lipinski definition) is 1. The number of amides is 1. The molecule has 1 aliphatic heterocycles. The second kappa shape index (κ2) is 9.73. The van der Waals surface area contributed by atoms with Crippen molar-refractivity contribution in [3.63, 3.8) is 0 Å². The Bertz CT molecular complexity index is 710. The molecular weight excluding hydrogens is 450 g/mol. The van der Waals surface area contributed by atoms with Gasteiger partial charge in [0, 0.05) is 22.0 Å². The molecule has 3 rings (SSSR count). The highest BCUT2D eigenvalue weighted by Crippen LogP contribution is 2.13. The van der Waals surface area contributed by atoms with Crippen LogP contribution in [-0.2, 0) is 22.4 Å². The van der Waals surface area contributed by atoms with E-state index in [2.05, 4.69) is 31.9 Å². The van der Waals surface area contributed by atoms with Gasteiger partial charge in [0.15, 0.2) is 0 Å². The number of carbonyl (C=O) groups is 2. The van der Waals surface area contributed by atoms with Crippen LogP contribution >= 0.6 is 31.9 Å². The molecule has 0 radical (unpaired) electrons. The van der Waals surface area contributed by atoms with Gasteiger partial charge in [-0.1, -0.05) is 56.1 Å².